The number of hydrogen-bond acceptors (Lipinski definition) is 2. The van der Waals surface area contributed by atoms with Crippen molar-refractivity contribution in [2.45, 2.75) is 46.1 Å². The zero-order valence-electron chi connectivity index (χ0n) is 14.6. The van der Waals surface area contributed by atoms with E-state index in [-0.39, 0.29) is 11.5 Å². The Hall–Kier alpha value is -1.67. The monoisotopic (exact) mass is 331 g/mol. The van der Waals surface area contributed by atoms with E-state index in [1.807, 2.05) is 37.3 Å². The van der Waals surface area contributed by atoms with Crippen LogP contribution in [0.3, 0.4) is 0 Å². The smallest absolute Gasteiger partial charge is 0.119 e. The van der Waals surface area contributed by atoms with Gasteiger partial charge in [0.25, 0.3) is 0 Å². The molecule has 1 unspecified atom stereocenters. The molecule has 0 heterocycles. The van der Waals surface area contributed by atoms with E-state index in [2.05, 4.69) is 45.1 Å². The number of anilines is 1. The van der Waals surface area contributed by atoms with Crippen molar-refractivity contribution in [1.82, 2.24) is 0 Å². The molecule has 2 aromatic carbocycles. The van der Waals surface area contributed by atoms with Gasteiger partial charge in [-0.25, -0.2) is 0 Å². The number of hydrogen-bond donors (Lipinski definition) is 1. The SMILES string of the molecule is Cc1ccc(NCC(C)Oc2ccc(C(C)(C)C)cc2)cc1Cl. The summed E-state index contributed by atoms with van der Waals surface area (Å²) in [5.41, 5.74) is 3.57. The van der Waals surface area contributed by atoms with Gasteiger partial charge in [-0.1, -0.05) is 50.6 Å². The van der Waals surface area contributed by atoms with Crippen LogP contribution in [0.15, 0.2) is 42.5 Å². The summed E-state index contributed by atoms with van der Waals surface area (Å²) < 4.78 is 5.96. The zero-order chi connectivity index (χ0) is 17.0. The van der Waals surface area contributed by atoms with Crippen LogP contribution in [0.4, 0.5) is 5.69 Å². The fourth-order valence-corrected chi connectivity index (χ4v) is 2.45. The second kappa shape index (κ2) is 7.27. The maximum atomic E-state index is 6.14. The van der Waals surface area contributed by atoms with Gasteiger partial charge in [0, 0.05) is 10.7 Å². The maximum absolute atomic E-state index is 6.14. The molecule has 1 N–H and O–H groups in total. The Morgan fingerprint density at radius 2 is 1.74 bits per heavy atom. The van der Waals surface area contributed by atoms with Crippen molar-refractivity contribution < 1.29 is 4.74 Å². The van der Waals surface area contributed by atoms with Crippen LogP contribution in [0.1, 0.15) is 38.8 Å². The molecule has 0 bridgehead atoms. The van der Waals surface area contributed by atoms with E-state index >= 15 is 0 Å². The molecule has 0 aliphatic carbocycles. The molecule has 23 heavy (non-hydrogen) atoms. The third-order valence-corrected chi connectivity index (χ3v) is 4.23. The van der Waals surface area contributed by atoms with Gasteiger partial charge in [-0.05, 0) is 54.7 Å². The predicted octanol–water partition coefficient (Wildman–Crippen LogP) is 5.83. The largest absolute Gasteiger partial charge is 0.489 e. The molecule has 0 aliphatic heterocycles. The van der Waals surface area contributed by atoms with Crippen molar-refractivity contribution >= 4 is 17.3 Å². The van der Waals surface area contributed by atoms with E-state index in [0.29, 0.717) is 0 Å². The minimum absolute atomic E-state index is 0.0653. The average molecular weight is 332 g/mol. The predicted molar refractivity (Wildman–Crippen MR) is 99.9 cm³/mol. The van der Waals surface area contributed by atoms with Crippen LogP contribution in [-0.2, 0) is 5.41 Å². The molecule has 1 atom stereocenters. The molecular formula is C20H26ClNO. The van der Waals surface area contributed by atoms with Gasteiger partial charge in [0.05, 0.1) is 6.54 Å². The Bertz CT molecular complexity index is 644. The van der Waals surface area contributed by atoms with Gasteiger partial charge in [-0.15, -0.1) is 0 Å². The van der Waals surface area contributed by atoms with Crippen LogP contribution in [0.5, 0.6) is 5.75 Å². The number of ether oxygens (including phenoxy) is 1. The molecule has 0 aliphatic rings. The minimum Gasteiger partial charge on any atom is -0.489 e. The molecule has 2 rings (SSSR count). The van der Waals surface area contributed by atoms with Gasteiger partial charge in [-0.2, -0.15) is 0 Å². The zero-order valence-corrected chi connectivity index (χ0v) is 15.4. The lowest BCUT2D eigenvalue weighted by molar-refractivity contribution is 0.234. The first kappa shape index (κ1) is 17.7. The minimum atomic E-state index is 0.0653. The van der Waals surface area contributed by atoms with E-state index in [9.17, 15) is 0 Å². The summed E-state index contributed by atoms with van der Waals surface area (Å²) in [7, 11) is 0. The van der Waals surface area contributed by atoms with Gasteiger partial charge in [0.15, 0.2) is 0 Å². The Morgan fingerprint density at radius 1 is 1.09 bits per heavy atom. The highest BCUT2D eigenvalue weighted by molar-refractivity contribution is 6.31. The molecule has 0 radical (unpaired) electrons. The van der Waals surface area contributed by atoms with Crippen molar-refractivity contribution in [3.05, 3.63) is 58.6 Å². The standard InChI is InChI=1S/C20H26ClNO/c1-14-6-9-17(12-19(14)21)22-13-15(2)23-18-10-7-16(8-11-18)20(3,4)5/h6-12,15,22H,13H2,1-5H3. The van der Waals surface area contributed by atoms with Crippen molar-refractivity contribution in [3.8, 4) is 5.75 Å². The summed E-state index contributed by atoms with van der Waals surface area (Å²) >= 11 is 6.14. The Labute approximate surface area is 144 Å². The number of aryl methyl sites for hydroxylation is 1. The van der Waals surface area contributed by atoms with E-state index in [4.69, 9.17) is 16.3 Å². The molecule has 124 valence electrons. The van der Waals surface area contributed by atoms with E-state index < -0.39 is 0 Å². The Balaban J connectivity index is 1.89. The highest BCUT2D eigenvalue weighted by Crippen LogP contribution is 2.25. The number of rotatable bonds is 5. The van der Waals surface area contributed by atoms with Gasteiger partial charge in [-0.3, -0.25) is 0 Å². The lowest BCUT2D eigenvalue weighted by Crippen LogP contribution is -2.22. The molecule has 3 heteroatoms. The topological polar surface area (TPSA) is 21.3 Å². The lowest BCUT2D eigenvalue weighted by Gasteiger charge is -2.20. The van der Waals surface area contributed by atoms with Crippen LogP contribution in [0, 0.1) is 6.92 Å². The third kappa shape index (κ3) is 5.18. The highest BCUT2D eigenvalue weighted by atomic mass is 35.5. The van der Waals surface area contributed by atoms with Crippen LogP contribution >= 0.6 is 11.6 Å². The summed E-state index contributed by atoms with van der Waals surface area (Å²) in [4.78, 5) is 0. The summed E-state index contributed by atoms with van der Waals surface area (Å²) in [6, 6.07) is 14.3. The van der Waals surface area contributed by atoms with Crippen molar-refractivity contribution in [1.29, 1.82) is 0 Å². The van der Waals surface area contributed by atoms with E-state index in [1.165, 1.54) is 5.56 Å². The van der Waals surface area contributed by atoms with Crippen LogP contribution in [0.2, 0.25) is 5.02 Å². The summed E-state index contributed by atoms with van der Waals surface area (Å²) in [5, 5.41) is 4.14. The average Bonchev–Trinajstić information content (AvgIpc) is 2.48. The van der Waals surface area contributed by atoms with E-state index in [0.717, 1.165) is 28.6 Å². The quantitative estimate of drug-likeness (QED) is 0.744. The van der Waals surface area contributed by atoms with Gasteiger partial charge in [0.2, 0.25) is 0 Å². The third-order valence-electron chi connectivity index (χ3n) is 3.82. The normalized spacial score (nSPS) is 12.8. The summed E-state index contributed by atoms with van der Waals surface area (Å²) in [6.07, 6.45) is 0.0653. The molecule has 0 aromatic heterocycles. The number of nitrogens with one attached hydrogen (secondary N) is 1. The first-order valence-corrected chi connectivity index (χ1v) is 8.41. The van der Waals surface area contributed by atoms with Crippen LogP contribution in [-0.4, -0.2) is 12.6 Å². The van der Waals surface area contributed by atoms with Crippen molar-refractivity contribution in [2.24, 2.45) is 0 Å². The summed E-state index contributed by atoms with van der Waals surface area (Å²) in [6.45, 7) is 11.4. The summed E-state index contributed by atoms with van der Waals surface area (Å²) in [5.74, 6) is 0.897. The van der Waals surface area contributed by atoms with Crippen LogP contribution < -0.4 is 10.1 Å². The highest BCUT2D eigenvalue weighted by Gasteiger charge is 2.13. The van der Waals surface area contributed by atoms with Gasteiger partial charge < -0.3 is 10.1 Å². The molecule has 0 amide bonds. The molecule has 0 saturated carbocycles. The van der Waals surface area contributed by atoms with Crippen molar-refractivity contribution in [2.75, 3.05) is 11.9 Å². The molecule has 2 nitrogen and oxygen atoms in total. The van der Waals surface area contributed by atoms with Gasteiger partial charge in [0.1, 0.15) is 11.9 Å². The van der Waals surface area contributed by atoms with Gasteiger partial charge >= 0.3 is 0 Å². The first-order valence-electron chi connectivity index (χ1n) is 8.03. The molecular weight excluding hydrogens is 306 g/mol. The molecule has 0 fully saturated rings. The molecule has 0 spiro atoms. The molecule has 0 saturated heterocycles. The second-order valence-electron chi connectivity index (χ2n) is 7.05. The lowest BCUT2D eigenvalue weighted by atomic mass is 9.87. The maximum Gasteiger partial charge on any atom is 0.119 e. The Morgan fingerprint density at radius 3 is 2.30 bits per heavy atom. The fourth-order valence-electron chi connectivity index (χ4n) is 2.27. The second-order valence-corrected chi connectivity index (χ2v) is 7.45. The number of benzene rings is 2. The molecule has 2 aromatic rings. The number of halogens is 1. The Kier molecular flexibility index (Phi) is 5.59. The van der Waals surface area contributed by atoms with Crippen LogP contribution in [0.25, 0.3) is 0 Å². The van der Waals surface area contributed by atoms with Crippen molar-refractivity contribution in [3.63, 3.8) is 0 Å². The fraction of sp³-hybridized carbons (Fsp3) is 0.400. The van der Waals surface area contributed by atoms with E-state index in [1.54, 1.807) is 0 Å². The first-order chi connectivity index (χ1) is 10.8.